The molecule has 2 heterocycles. The molecule has 0 saturated carbocycles. The molecule has 2 aliphatic heterocycles. The van der Waals surface area contributed by atoms with Gasteiger partial charge in [0, 0.05) is 18.5 Å². The highest BCUT2D eigenvalue weighted by atomic mass is 35.5. The van der Waals surface area contributed by atoms with Crippen molar-refractivity contribution in [2.45, 2.75) is 38.1 Å². The van der Waals surface area contributed by atoms with E-state index in [0.717, 1.165) is 19.0 Å². The van der Waals surface area contributed by atoms with E-state index < -0.39 is 0 Å². The second-order valence-corrected chi connectivity index (χ2v) is 4.60. The molecule has 2 nitrogen and oxygen atoms in total. The van der Waals surface area contributed by atoms with Crippen LogP contribution in [0.1, 0.15) is 32.1 Å². The van der Waals surface area contributed by atoms with Gasteiger partial charge in [-0.25, -0.2) is 0 Å². The Morgan fingerprint density at radius 1 is 1.21 bits per heavy atom. The fourth-order valence-corrected chi connectivity index (χ4v) is 2.76. The van der Waals surface area contributed by atoms with Crippen molar-refractivity contribution in [2.24, 2.45) is 5.92 Å². The van der Waals surface area contributed by atoms with Crippen LogP contribution in [0.15, 0.2) is 0 Å². The summed E-state index contributed by atoms with van der Waals surface area (Å²) < 4.78 is 0. The summed E-state index contributed by atoms with van der Waals surface area (Å²) in [5, 5.41) is -0.135. The van der Waals surface area contributed by atoms with Crippen LogP contribution in [0.5, 0.6) is 0 Å². The van der Waals surface area contributed by atoms with Gasteiger partial charge in [0.15, 0.2) is 0 Å². The summed E-state index contributed by atoms with van der Waals surface area (Å²) in [6.45, 7) is 2.08. The number of fused-ring (bicyclic) bond motifs is 1. The third-order valence-corrected chi connectivity index (χ3v) is 3.68. The molecule has 0 aromatic carbocycles. The van der Waals surface area contributed by atoms with Crippen LogP contribution in [-0.4, -0.2) is 29.3 Å². The Labute approximate surface area is 96.4 Å². The van der Waals surface area contributed by atoms with Crippen molar-refractivity contribution in [3.8, 4) is 0 Å². The maximum Gasteiger partial charge on any atom is 0.226 e. The molecule has 0 spiro atoms. The molecule has 0 radical (unpaired) electrons. The topological polar surface area (TPSA) is 20.3 Å². The van der Waals surface area contributed by atoms with Gasteiger partial charge in [-0.05, 0) is 43.8 Å². The van der Waals surface area contributed by atoms with Crippen molar-refractivity contribution in [3.63, 3.8) is 0 Å². The number of halogens is 2. The Bertz CT molecular complexity index is 210. The van der Waals surface area contributed by atoms with Crippen LogP contribution in [-0.2, 0) is 4.79 Å². The molecule has 0 amide bonds. The first-order chi connectivity index (χ1) is 6.27. The number of carbonyl (C=O) groups is 1. The van der Waals surface area contributed by atoms with E-state index in [1.165, 1.54) is 32.2 Å². The van der Waals surface area contributed by atoms with E-state index in [0.29, 0.717) is 0 Å². The summed E-state index contributed by atoms with van der Waals surface area (Å²) in [4.78, 5) is 13.5. The SMILES string of the molecule is Cl.O=C(Cl)C1CCC2CCCCN2C1. The fraction of sp³-hybridized carbons (Fsp3) is 0.900. The van der Waals surface area contributed by atoms with Crippen LogP contribution >= 0.6 is 24.0 Å². The molecule has 0 aromatic heterocycles. The highest BCUT2D eigenvalue weighted by Crippen LogP contribution is 2.29. The first-order valence-electron chi connectivity index (χ1n) is 5.21. The average Bonchev–Trinajstić information content (AvgIpc) is 2.17. The summed E-state index contributed by atoms with van der Waals surface area (Å²) >= 11 is 5.52. The van der Waals surface area contributed by atoms with Crippen molar-refractivity contribution < 1.29 is 4.79 Å². The Morgan fingerprint density at radius 2 is 2.00 bits per heavy atom. The summed E-state index contributed by atoms with van der Waals surface area (Å²) in [6, 6.07) is 0.751. The third-order valence-electron chi connectivity index (χ3n) is 3.37. The predicted molar refractivity (Wildman–Crippen MR) is 60.0 cm³/mol. The molecule has 14 heavy (non-hydrogen) atoms. The van der Waals surface area contributed by atoms with Crippen LogP contribution < -0.4 is 0 Å². The maximum atomic E-state index is 11.0. The third kappa shape index (κ3) is 2.62. The van der Waals surface area contributed by atoms with E-state index >= 15 is 0 Å². The standard InChI is InChI=1S/C10H16ClNO.ClH/c11-10(13)8-4-5-9-3-1-2-6-12(9)7-8;/h8-9H,1-7H2;1H. The van der Waals surface area contributed by atoms with E-state index in [1.807, 2.05) is 0 Å². The molecule has 2 atom stereocenters. The molecule has 2 rings (SSSR count). The highest BCUT2D eigenvalue weighted by molar-refractivity contribution is 6.64. The zero-order valence-electron chi connectivity index (χ0n) is 8.25. The Hall–Kier alpha value is 0.210. The molecule has 0 aliphatic carbocycles. The quantitative estimate of drug-likeness (QED) is 0.654. The highest BCUT2D eigenvalue weighted by Gasteiger charge is 2.32. The van der Waals surface area contributed by atoms with Crippen LogP contribution in [0.4, 0.5) is 0 Å². The molecule has 2 fully saturated rings. The molecular weight excluding hydrogens is 221 g/mol. The van der Waals surface area contributed by atoms with Gasteiger partial charge in [0.1, 0.15) is 0 Å². The largest absolute Gasteiger partial charge is 0.300 e. The van der Waals surface area contributed by atoms with Gasteiger partial charge in [-0.2, -0.15) is 0 Å². The molecule has 2 saturated heterocycles. The predicted octanol–water partition coefficient (Wildman–Crippen LogP) is 2.44. The lowest BCUT2D eigenvalue weighted by Gasteiger charge is -2.41. The monoisotopic (exact) mass is 237 g/mol. The minimum atomic E-state index is -0.135. The zero-order chi connectivity index (χ0) is 9.26. The number of hydrogen-bond donors (Lipinski definition) is 0. The lowest BCUT2D eigenvalue weighted by molar-refractivity contribution is -0.117. The van der Waals surface area contributed by atoms with Gasteiger partial charge in [0.05, 0.1) is 0 Å². The van der Waals surface area contributed by atoms with Crippen molar-refractivity contribution in [1.82, 2.24) is 4.90 Å². The number of rotatable bonds is 1. The van der Waals surface area contributed by atoms with E-state index in [9.17, 15) is 4.79 Å². The molecule has 0 bridgehead atoms. The molecule has 0 aromatic rings. The summed E-state index contributed by atoms with van der Waals surface area (Å²) in [5.41, 5.74) is 0. The fourth-order valence-electron chi connectivity index (χ4n) is 2.58. The van der Waals surface area contributed by atoms with Crippen LogP contribution in [0, 0.1) is 5.92 Å². The van der Waals surface area contributed by atoms with Gasteiger partial charge in [0.25, 0.3) is 0 Å². The molecule has 2 aliphatic rings. The molecular formula is C10H17Cl2NO. The minimum Gasteiger partial charge on any atom is -0.300 e. The number of carbonyl (C=O) groups excluding carboxylic acids is 1. The van der Waals surface area contributed by atoms with Gasteiger partial charge in [-0.1, -0.05) is 6.42 Å². The van der Waals surface area contributed by atoms with Crippen molar-refractivity contribution >= 4 is 29.3 Å². The van der Waals surface area contributed by atoms with Crippen LogP contribution in [0.25, 0.3) is 0 Å². The van der Waals surface area contributed by atoms with E-state index in [1.54, 1.807) is 0 Å². The van der Waals surface area contributed by atoms with E-state index in [4.69, 9.17) is 11.6 Å². The average molecular weight is 238 g/mol. The van der Waals surface area contributed by atoms with Crippen molar-refractivity contribution in [1.29, 1.82) is 0 Å². The van der Waals surface area contributed by atoms with Gasteiger partial charge < -0.3 is 0 Å². The van der Waals surface area contributed by atoms with Gasteiger partial charge in [-0.3, -0.25) is 9.69 Å². The minimum absolute atomic E-state index is 0. The second-order valence-electron chi connectivity index (χ2n) is 4.22. The Balaban J connectivity index is 0.000000980. The van der Waals surface area contributed by atoms with Crippen LogP contribution in [0.2, 0.25) is 0 Å². The van der Waals surface area contributed by atoms with Gasteiger partial charge in [0.2, 0.25) is 5.24 Å². The molecule has 82 valence electrons. The van der Waals surface area contributed by atoms with E-state index in [2.05, 4.69) is 4.90 Å². The maximum absolute atomic E-state index is 11.0. The molecule has 0 N–H and O–H groups in total. The first kappa shape index (κ1) is 12.3. The summed E-state index contributed by atoms with van der Waals surface area (Å²) in [7, 11) is 0. The van der Waals surface area contributed by atoms with Gasteiger partial charge in [-0.15, -0.1) is 12.4 Å². The van der Waals surface area contributed by atoms with Crippen molar-refractivity contribution in [3.05, 3.63) is 0 Å². The second kappa shape index (κ2) is 5.34. The lowest BCUT2D eigenvalue weighted by Crippen LogP contribution is -2.47. The van der Waals surface area contributed by atoms with E-state index in [-0.39, 0.29) is 23.6 Å². The molecule has 2 unspecified atom stereocenters. The Morgan fingerprint density at radius 3 is 2.71 bits per heavy atom. The number of piperidine rings is 2. The number of nitrogens with zero attached hydrogens (tertiary/aromatic N) is 1. The smallest absolute Gasteiger partial charge is 0.226 e. The Kier molecular flexibility index (Phi) is 4.68. The first-order valence-corrected chi connectivity index (χ1v) is 5.58. The normalized spacial score (nSPS) is 32.9. The van der Waals surface area contributed by atoms with Gasteiger partial charge >= 0.3 is 0 Å². The number of hydrogen-bond acceptors (Lipinski definition) is 2. The zero-order valence-corrected chi connectivity index (χ0v) is 9.82. The van der Waals surface area contributed by atoms with Crippen molar-refractivity contribution in [2.75, 3.05) is 13.1 Å². The summed E-state index contributed by atoms with van der Waals surface area (Å²) in [5.74, 6) is 0.107. The van der Waals surface area contributed by atoms with Crippen LogP contribution in [0.3, 0.4) is 0 Å². The lowest BCUT2D eigenvalue weighted by atomic mass is 9.88. The molecule has 4 heteroatoms. The summed E-state index contributed by atoms with van der Waals surface area (Å²) in [6.07, 6.45) is 6.15.